The molecule has 3 aromatic rings. The van der Waals surface area contributed by atoms with Crippen LogP contribution in [0.2, 0.25) is 0 Å². The molecule has 1 amide bonds. The Labute approximate surface area is 187 Å². The number of benzene rings is 2. The number of fused-ring (bicyclic) bond motifs is 3. The number of carbonyl (C=O) groups excluding carboxylic acids is 1. The summed E-state index contributed by atoms with van der Waals surface area (Å²) < 4.78 is 6.42. The zero-order valence-electron chi connectivity index (χ0n) is 18.4. The van der Waals surface area contributed by atoms with E-state index in [1.54, 1.807) is 23.6 Å². The standard InChI is InChI=1S/C24H26N4O2S/c1-14(2)13-31-24-25-22-21(26-27-24)19-8-6-7-9-20(19)28(17(5)29)23(30-22)18-11-10-15(3)16(4)12-18/h6-12,14,23H,13H2,1-5H3/t23-/m1/s1. The van der Waals surface area contributed by atoms with Crippen LogP contribution in [0.15, 0.2) is 47.6 Å². The number of thioether (sulfide) groups is 1. The summed E-state index contributed by atoms with van der Waals surface area (Å²) in [5.74, 6) is 1.66. The van der Waals surface area contributed by atoms with Gasteiger partial charge >= 0.3 is 0 Å². The Kier molecular flexibility index (Phi) is 5.96. The second-order valence-corrected chi connectivity index (χ2v) is 9.16. The van der Waals surface area contributed by atoms with Crippen LogP contribution < -0.4 is 9.64 Å². The van der Waals surface area contributed by atoms with Crippen LogP contribution in [0.3, 0.4) is 0 Å². The average molecular weight is 435 g/mol. The van der Waals surface area contributed by atoms with Crippen LogP contribution >= 0.6 is 11.8 Å². The van der Waals surface area contributed by atoms with E-state index in [9.17, 15) is 4.79 Å². The Balaban J connectivity index is 1.88. The van der Waals surface area contributed by atoms with Crippen molar-refractivity contribution in [2.75, 3.05) is 10.7 Å². The number of ether oxygens (including phenoxy) is 1. The van der Waals surface area contributed by atoms with Crippen LogP contribution in [0.5, 0.6) is 5.88 Å². The van der Waals surface area contributed by atoms with Gasteiger partial charge in [-0.05, 0) is 37.0 Å². The molecule has 4 rings (SSSR count). The van der Waals surface area contributed by atoms with Gasteiger partial charge in [0.2, 0.25) is 23.2 Å². The fraction of sp³-hybridized carbons (Fsp3) is 0.333. The number of aromatic nitrogens is 3. The van der Waals surface area contributed by atoms with Gasteiger partial charge in [-0.1, -0.05) is 62.0 Å². The highest BCUT2D eigenvalue weighted by Gasteiger charge is 2.34. The van der Waals surface area contributed by atoms with Crippen molar-refractivity contribution in [3.63, 3.8) is 0 Å². The van der Waals surface area contributed by atoms with Crippen LogP contribution in [0.4, 0.5) is 5.69 Å². The number of hydrogen-bond donors (Lipinski definition) is 0. The van der Waals surface area contributed by atoms with Crippen molar-refractivity contribution in [2.45, 2.75) is 46.0 Å². The van der Waals surface area contributed by atoms with Gasteiger partial charge in [0.05, 0.1) is 5.69 Å². The molecule has 1 aliphatic rings. The monoisotopic (exact) mass is 434 g/mol. The van der Waals surface area contributed by atoms with E-state index < -0.39 is 6.23 Å². The van der Waals surface area contributed by atoms with Gasteiger partial charge in [0, 0.05) is 23.8 Å². The molecule has 2 heterocycles. The molecule has 160 valence electrons. The molecular formula is C24H26N4O2S. The lowest BCUT2D eigenvalue weighted by molar-refractivity contribution is -0.118. The number of aryl methyl sites for hydroxylation is 2. The van der Waals surface area contributed by atoms with Crippen molar-refractivity contribution in [1.29, 1.82) is 0 Å². The highest BCUT2D eigenvalue weighted by molar-refractivity contribution is 7.99. The smallest absolute Gasteiger partial charge is 0.247 e. The lowest BCUT2D eigenvalue weighted by Crippen LogP contribution is -2.36. The molecule has 31 heavy (non-hydrogen) atoms. The van der Waals surface area contributed by atoms with Gasteiger partial charge in [-0.3, -0.25) is 9.69 Å². The summed E-state index contributed by atoms with van der Waals surface area (Å²) in [4.78, 5) is 19.2. The molecule has 0 saturated heterocycles. The average Bonchev–Trinajstić information content (AvgIpc) is 2.88. The second-order valence-electron chi connectivity index (χ2n) is 8.17. The molecule has 1 atom stereocenters. The van der Waals surface area contributed by atoms with E-state index in [4.69, 9.17) is 4.74 Å². The number of carbonyl (C=O) groups is 1. The number of amides is 1. The first-order valence-corrected chi connectivity index (χ1v) is 11.3. The predicted molar refractivity (Wildman–Crippen MR) is 123 cm³/mol. The minimum Gasteiger partial charge on any atom is -0.447 e. The van der Waals surface area contributed by atoms with Gasteiger partial charge in [-0.25, -0.2) is 0 Å². The van der Waals surface area contributed by atoms with E-state index in [-0.39, 0.29) is 5.91 Å². The maximum absolute atomic E-state index is 12.8. The summed E-state index contributed by atoms with van der Waals surface area (Å²) >= 11 is 1.55. The molecular weight excluding hydrogens is 408 g/mol. The van der Waals surface area contributed by atoms with Crippen LogP contribution in [0.1, 0.15) is 43.7 Å². The lowest BCUT2D eigenvalue weighted by Gasteiger charge is -2.30. The first-order valence-electron chi connectivity index (χ1n) is 10.4. The second kappa shape index (κ2) is 8.67. The van der Waals surface area contributed by atoms with E-state index in [0.717, 1.165) is 28.1 Å². The molecule has 7 heteroatoms. The normalized spacial score (nSPS) is 15.2. The zero-order valence-corrected chi connectivity index (χ0v) is 19.2. The maximum Gasteiger partial charge on any atom is 0.247 e. The zero-order chi connectivity index (χ0) is 22.1. The van der Waals surface area contributed by atoms with Crippen LogP contribution in [-0.4, -0.2) is 26.8 Å². The van der Waals surface area contributed by atoms with Crippen molar-refractivity contribution in [3.8, 4) is 17.1 Å². The fourth-order valence-corrected chi connectivity index (χ4v) is 4.22. The molecule has 0 radical (unpaired) electrons. The molecule has 0 bridgehead atoms. The highest BCUT2D eigenvalue weighted by atomic mass is 32.2. The van der Waals surface area contributed by atoms with E-state index >= 15 is 0 Å². The molecule has 0 unspecified atom stereocenters. The molecule has 0 spiro atoms. The molecule has 0 aliphatic carbocycles. The summed E-state index contributed by atoms with van der Waals surface area (Å²) in [7, 11) is 0. The number of hydrogen-bond acceptors (Lipinski definition) is 6. The maximum atomic E-state index is 12.8. The van der Waals surface area contributed by atoms with Crippen molar-refractivity contribution in [2.24, 2.45) is 5.92 Å². The third kappa shape index (κ3) is 4.28. The number of nitrogens with zero attached hydrogens (tertiary/aromatic N) is 4. The largest absolute Gasteiger partial charge is 0.447 e. The quantitative estimate of drug-likeness (QED) is 0.516. The minimum absolute atomic E-state index is 0.120. The van der Waals surface area contributed by atoms with E-state index in [1.807, 2.05) is 36.4 Å². The summed E-state index contributed by atoms with van der Waals surface area (Å²) in [6.45, 7) is 9.97. The molecule has 1 aromatic heterocycles. The van der Waals surface area contributed by atoms with E-state index in [2.05, 4.69) is 48.9 Å². The topological polar surface area (TPSA) is 68.2 Å². The first kappa shape index (κ1) is 21.3. The number of para-hydroxylation sites is 1. The van der Waals surface area contributed by atoms with Crippen LogP contribution in [0, 0.1) is 19.8 Å². The van der Waals surface area contributed by atoms with Gasteiger partial charge in [0.15, 0.2) is 5.69 Å². The predicted octanol–water partition coefficient (Wildman–Crippen LogP) is 5.35. The third-order valence-electron chi connectivity index (χ3n) is 5.21. The molecule has 0 saturated carbocycles. The Bertz CT molecular complexity index is 1130. The summed E-state index contributed by atoms with van der Waals surface area (Å²) in [6, 6.07) is 13.8. The Morgan fingerprint density at radius 3 is 2.61 bits per heavy atom. The SMILES string of the molecule is CC(=O)N1c2ccccc2-c2nnc(SCC(C)C)nc2O[C@@H]1c1ccc(C)c(C)c1. The van der Waals surface area contributed by atoms with Crippen molar-refractivity contribution in [1.82, 2.24) is 15.2 Å². The van der Waals surface area contributed by atoms with E-state index in [0.29, 0.717) is 22.6 Å². The lowest BCUT2D eigenvalue weighted by atomic mass is 10.0. The summed E-state index contributed by atoms with van der Waals surface area (Å²) in [5.41, 5.74) is 5.26. The highest BCUT2D eigenvalue weighted by Crippen LogP contribution is 2.43. The molecule has 0 N–H and O–H groups in total. The summed E-state index contributed by atoms with van der Waals surface area (Å²) in [6.07, 6.45) is -0.654. The van der Waals surface area contributed by atoms with Gasteiger partial charge in [0.25, 0.3) is 0 Å². The van der Waals surface area contributed by atoms with Crippen molar-refractivity contribution in [3.05, 3.63) is 59.2 Å². The van der Waals surface area contributed by atoms with E-state index in [1.165, 1.54) is 5.56 Å². The minimum atomic E-state index is -0.654. The van der Waals surface area contributed by atoms with Crippen molar-refractivity contribution >= 4 is 23.4 Å². The molecule has 1 aliphatic heterocycles. The Hall–Kier alpha value is -2.93. The van der Waals surface area contributed by atoms with Crippen LogP contribution in [-0.2, 0) is 4.79 Å². The Morgan fingerprint density at radius 2 is 1.90 bits per heavy atom. The molecule has 2 aromatic carbocycles. The van der Waals surface area contributed by atoms with Gasteiger partial charge in [-0.2, -0.15) is 4.98 Å². The fourth-order valence-electron chi connectivity index (χ4n) is 3.49. The van der Waals surface area contributed by atoms with Crippen LogP contribution in [0.25, 0.3) is 11.3 Å². The van der Waals surface area contributed by atoms with Crippen molar-refractivity contribution < 1.29 is 9.53 Å². The van der Waals surface area contributed by atoms with Gasteiger partial charge in [0.1, 0.15) is 0 Å². The number of anilines is 1. The van der Waals surface area contributed by atoms with Gasteiger partial charge < -0.3 is 4.74 Å². The first-order chi connectivity index (χ1) is 14.8. The molecule has 0 fully saturated rings. The summed E-state index contributed by atoms with van der Waals surface area (Å²) in [5, 5.41) is 9.34. The number of rotatable bonds is 4. The third-order valence-corrected chi connectivity index (χ3v) is 6.48. The van der Waals surface area contributed by atoms with Gasteiger partial charge in [-0.15, -0.1) is 10.2 Å². The molecule has 6 nitrogen and oxygen atoms in total. The Morgan fingerprint density at radius 1 is 1.13 bits per heavy atom.